The Labute approximate surface area is 117 Å². The molecule has 0 aliphatic rings. The number of rotatable bonds is 4. The van der Waals surface area contributed by atoms with Crippen molar-refractivity contribution in [2.24, 2.45) is 5.84 Å². The SMILES string of the molecule is NNC(Cc1cc(F)ccc1Br)c1ncccc1F. The van der Waals surface area contributed by atoms with E-state index in [-0.39, 0.29) is 11.5 Å². The molecule has 19 heavy (non-hydrogen) atoms. The molecule has 0 fully saturated rings. The first-order valence-corrected chi connectivity index (χ1v) is 6.41. The summed E-state index contributed by atoms with van der Waals surface area (Å²) >= 11 is 3.33. The lowest BCUT2D eigenvalue weighted by atomic mass is 10.0. The maximum atomic E-state index is 13.7. The van der Waals surface area contributed by atoms with Crippen molar-refractivity contribution in [3.63, 3.8) is 0 Å². The highest BCUT2D eigenvalue weighted by atomic mass is 79.9. The van der Waals surface area contributed by atoms with E-state index in [1.54, 1.807) is 6.07 Å². The minimum absolute atomic E-state index is 0.209. The summed E-state index contributed by atoms with van der Waals surface area (Å²) in [6, 6.07) is 6.62. The predicted octanol–water partition coefficient (Wildman–Crippen LogP) is 2.87. The molecule has 0 spiro atoms. The number of pyridine rings is 1. The molecule has 0 aliphatic carbocycles. The van der Waals surface area contributed by atoms with Crippen LogP contribution in [0.5, 0.6) is 0 Å². The monoisotopic (exact) mass is 327 g/mol. The molecular weight excluding hydrogens is 316 g/mol. The summed E-state index contributed by atoms with van der Waals surface area (Å²) in [7, 11) is 0. The van der Waals surface area contributed by atoms with Crippen molar-refractivity contribution in [3.8, 4) is 0 Å². The van der Waals surface area contributed by atoms with Gasteiger partial charge >= 0.3 is 0 Å². The van der Waals surface area contributed by atoms with Crippen molar-refractivity contribution in [3.05, 3.63) is 63.9 Å². The van der Waals surface area contributed by atoms with Gasteiger partial charge in [-0.05, 0) is 42.3 Å². The Kier molecular flexibility index (Phi) is 4.57. The third-order valence-electron chi connectivity index (χ3n) is 2.75. The maximum Gasteiger partial charge on any atom is 0.146 e. The number of nitrogens with one attached hydrogen (secondary N) is 1. The van der Waals surface area contributed by atoms with Crippen molar-refractivity contribution < 1.29 is 8.78 Å². The number of halogens is 3. The van der Waals surface area contributed by atoms with Crippen LogP contribution >= 0.6 is 15.9 Å². The quantitative estimate of drug-likeness (QED) is 0.670. The summed E-state index contributed by atoms with van der Waals surface area (Å²) in [6.07, 6.45) is 1.81. The Morgan fingerprint density at radius 2 is 2.11 bits per heavy atom. The van der Waals surface area contributed by atoms with E-state index in [9.17, 15) is 8.78 Å². The smallest absolute Gasteiger partial charge is 0.146 e. The molecule has 2 aromatic rings. The fourth-order valence-electron chi connectivity index (χ4n) is 1.81. The fourth-order valence-corrected chi connectivity index (χ4v) is 2.22. The Morgan fingerprint density at radius 1 is 1.32 bits per heavy atom. The molecule has 1 unspecified atom stereocenters. The van der Waals surface area contributed by atoms with Crippen LogP contribution in [0.3, 0.4) is 0 Å². The van der Waals surface area contributed by atoms with Gasteiger partial charge in [0.25, 0.3) is 0 Å². The average Bonchev–Trinajstić information content (AvgIpc) is 2.41. The normalized spacial score (nSPS) is 12.4. The van der Waals surface area contributed by atoms with Gasteiger partial charge in [-0.3, -0.25) is 16.3 Å². The number of benzene rings is 1. The highest BCUT2D eigenvalue weighted by molar-refractivity contribution is 9.10. The number of hydrazine groups is 1. The van der Waals surface area contributed by atoms with Gasteiger partial charge in [-0.15, -0.1) is 0 Å². The molecule has 100 valence electrons. The Balaban J connectivity index is 2.29. The molecule has 0 amide bonds. The Hall–Kier alpha value is -1.37. The topological polar surface area (TPSA) is 50.9 Å². The lowest BCUT2D eigenvalue weighted by Crippen LogP contribution is -2.31. The molecule has 0 bridgehead atoms. The van der Waals surface area contributed by atoms with E-state index in [0.717, 1.165) is 4.47 Å². The molecule has 2 rings (SSSR count). The second-order valence-electron chi connectivity index (χ2n) is 4.03. The van der Waals surface area contributed by atoms with E-state index in [2.05, 4.69) is 26.3 Å². The van der Waals surface area contributed by atoms with E-state index < -0.39 is 11.9 Å². The molecule has 0 radical (unpaired) electrons. The lowest BCUT2D eigenvalue weighted by Gasteiger charge is -2.16. The van der Waals surface area contributed by atoms with Crippen LogP contribution in [0.2, 0.25) is 0 Å². The fraction of sp³-hybridized carbons (Fsp3) is 0.154. The second kappa shape index (κ2) is 6.18. The van der Waals surface area contributed by atoms with Crippen molar-refractivity contribution in [1.82, 2.24) is 10.4 Å². The molecule has 1 atom stereocenters. The molecular formula is C13H12BrF2N3. The zero-order chi connectivity index (χ0) is 13.8. The minimum atomic E-state index is -0.528. The van der Waals surface area contributed by atoms with Gasteiger partial charge in [0.15, 0.2) is 0 Å². The number of aromatic nitrogens is 1. The second-order valence-corrected chi connectivity index (χ2v) is 4.88. The van der Waals surface area contributed by atoms with Crippen LogP contribution in [-0.4, -0.2) is 4.98 Å². The molecule has 0 saturated heterocycles. The van der Waals surface area contributed by atoms with Gasteiger partial charge in [0.2, 0.25) is 0 Å². The minimum Gasteiger partial charge on any atom is -0.271 e. The molecule has 1 aromatic heterocycles. The van der Waals surface area contributed by atoms with E-state index >= 15 is 0 Å². The van der Waals surface area contributed by atoms with Crippen LogP contribution in [-0.2, 0) is 6.42 Å². The van der Waals surface area contributed by atoms with Gasteiger partial charge in [-0.25, -0.2) is 8.78 Å². The van der Waals surface area contributed by atoms with Gasteiger partial charge in [0, 0.05) is 10.7 Å². The van der Waals surface area contributed by atoms with Gasteiger partial charge in [0.05, 0.1) is 11.7 Å². The van der Waals surface area contributed by atoms with Gasteiger partial charge in [0.1, 0.15) is 11.6 Å². The first kappa shape index (κ1) is 14.0. The Bertz CT molecular complexity index is 578. The summed E-state index contributed by atoms with van der Waals surface area (Å²) in [5.41, 5.74) is 3.41. The largest absolute Gasteiger partial charge is 0.271 e. The maximum absolute atomic E-state index is 13.7. The van der Waals surface area contributed by atoms with Crippen molar-refractivity contribution in [1.29, 1.82) is 0 Å². The number of hydrogen-bond acceptors (Lipinski definition) is 3. The first-order valence-electron chi connectivity index (χ1n) is 5.62. The summed E-state index contributed by atoms with van der Waals surface area (Å²) in [6.45, 7) is 0. The van der Waals surface area contributed by atoms with E-state index in [4.69, 9.17) is 5.84 Å². The van der Waals surface area contributed by atoms with Crippen molar-refractivity contribution in [2.45, 2.75) is 12.5 Å². The summed E-state index contributed by atoms with van der Waals surface area (Å²) < 4.78 is 27.6. The predicted molar refractivity (Wildman–Crippen MR) is 72.1 cm³/mol. The van der Waals surface area contributed by atoms with Crippen LogP contribution in [0.1, 0.15) is 17.3 Å². The highest BCUT2D eigenvalue weighted by Gasteiger charge is 2.17. The van der Waals surface area contributed by atoms with Crippen molar-refractivity contribution in [2.75, 3.05) is 0 Å². The molecule has 3 nitrogen and oxygen atoms in total. The first-order chi connectivity index (χ1) is 9.11. The zero-order valence-electron chi connectivity index (χ0n) is 9.91. The van der Waals surface area contributed by atoms with Crippen LogP contribution < -0.4 is 11.3 Å². The van der Waals surface area contributed by atoms with E-state index in [0.29, 0.717) is 12.0 Å². The molecule has 0 saturated carbocycles. The summed E-state index contributed by atoms with van der Waals surface area (Å²) in [4.78, 5) is 3.97. The molecule has 1 aromatic carbocycles. The van der Waals surface area contributed by atoms with Crippen LogP contribution in [0.25, 0.3) is 0 Å². The van der Waals surface area contributed by atoms with Crippen LogP contribution in [0, 0.1) is 11.6 Å². The molecule has 3 N–H and O–H groups in total. The van der Waals surface area contributed by atoms with Crippen LogP contribution in [0.15, 0.2) is 41.0 Å². The van der Waals surface area contributed by atoms with Gasteiger partial charge in [-0.1, -0.05) is 15.9 Å². The summed E-state index contributed by atoms with van der Waals surface area (Å²) in [5, 5.41) is 0. The third kappa shape index (κ3) is 3.34. The van der Waals surface area contributed by atoms with Crippen molar-refractivity contribution >= 4 is 15.9 Å². The van der Waals surface area contributed by atoms with E-state index in [1.807, 2.05) is 0 Å². The van der Waals surface area contributed by atoms with E-state index in [1.165, 1.54) is 30.5 Å². The average molecular weight is 328 g/mol. The lowest BCUT2D eigenvalue weighted by molar-refractivity contribution is 0.493. The highest BCUT2D eigenvalue weighted by Crippen LogP contribution is 2.24. The summed E-state index contributed by atoms with van der Waals surface area (Å²) in [5.74, 6) is 4.65. The number of hydrogen-bond donors (Lipinski definition) is 2. The third-order valence-corrected chi connectivity index (χ3v) is 3.52. The molecule has 6 heteroatoms. The number of nitrogens with two attached hydrogens (primary N) is 1. The molecule has 0 aliphatic heterocycles. The van der Waals surface area contributed by atoms with Crippen LogP contribution in [0.4, 0.5) is 8.78 Å². The van der Waals surface area contributed by atoms with Gasteiger partial charge < -0.3 is 0 Å². The Morgan fingerprint density at radius 3 is 2.79 bits per heavy atom. The number of nitrogens with zero attached hydrogens (tertiary/aromatic N) is 1. The zero-order valence-corrected chi connectivity index (χ0v) is 11.5. The molecule has 1 heterocycles. The van der Waals surface area contributed by atoms with Gasteiger partial charge in [-0.2, -0.15) is 0 Å². The standard InChI is InChI=1S/C13H12BrF2N3/c14-10-4-3-9(15)6-8(10)7-12(19-17)13-11(16)2-1-5-18-13/h1-6,12,19H,7,17H2.